The smallest absolute Gasteiger partial charge is 0.142 e. The van der Waals surface area contributed by atoms with Crippen LogP contribution in [0.2, 0.25) is 0 Å². The molecule has 1 rings (SSSR count). The van der Waals surface area contributed by atoms with E-state index in [9.17, 15) is 9.18 Å². The SMILES string of the molecule is CN(C)c1cc(F)ccc1/C=C/C=O. The molecular weight excluding hydrogens is 181 g/mol. The molecule has 0 amide bonds. The molecule has 0 fully saturated rings. The van der Waals surface area contributed by atoms with Gasteiger partial charge in [-0.1, -0.05) is 0 Å². The zero-order valence-corrected chi connectivity index (χ0v) is 8.20. The number of nitrogens with zero attached hydrogens (tertiary/aromatic N) is 1. The van der Waals surface area contributed by atoms with Gasteiger partial charge in [-0.05, 0) is 35.9 Å². The maximum Gasteiger partial charge on any atom is 0.142 e. The number of benzene rings is 1. The quantitative estimate of drug-likeness (QED) is 0.541. The van der Waals surface area contributed by atoms with Crippen LogP contribution in [0.3, 0.4) is 0 Å². The zero-order chi connectivity index (χ0) is 10.6. The van der Waals surface area contributed by atoms with Gasteiger partial charge in [0.05, 0.1) is 0 Å². The Morgan fingerprint density at radius 3 is 2.64 bits per heavy atom. The van der Waals surface area contributed by atoms with Crippen LogP contribution in [0.25, 0.3) is 6.08 Å². The molecule has 0 heterocycles. The lowest BCUT2D eigenvalue weighted by atomic mass is 10.1. The predicted octanol–water partition coefficient (Wildman–Crippen LogP) is 2.10. The summed E-state index contributed by atoms with van der Waals surface area (Å²) >= 11 is 0. The molecule has 0 atom stereocenters. The number of halogens is 1. The fraction of sp³-hybridized carbons (Fsp3) is 0.182. The van der Waals surface area contributed by atoms with Gasteiger partial charge in [-0.25, -0.2) is 4.39 Å². The number of rotatable bonds is 3. The van der Waals surface area contributed by atoms with Gasteiger partial charge in [-0.2, -0.15) is 0 Å². The number of hydrogen-bond donors (Lipinski definition) is 0. The average Bonchev–Trinajstić information content (AvgIpc) is 2.15. The molecule has 74 valence electrons. The Kier molecular flexibility index (Phi) is 3.40. The fourth-order valence-corrected chi connectivity index (χ4v) is 1.19. The van der Waals surface area contributed by atoms with Crippen molar-refractivity contribution in [2.75, 3.05) is 19.0 Å². The summed E-state index contributed by atoms with van der Waals surface area (Å²) < 4.78 is 12.9. The molecule has 0 aliphatic heterocycles. The van der Waals surface area contributed by atoms with Crippen molar-refractivity contribution in [2.24, 2.45) is 0 Å². The normalized spacial score (nSPS) is 10.5. The van der Waals surface area contributed by atoms with Gasteiger partial charge in [0, 0.05) is 19.8 Å². The van der Waals surface area contributed by atoms with Crippen molar-refractivity contribution >= 4 is 18.0 Å². The van der Waals surface area contributed by atoms with Gasteiger partial charge in [-0.3, -0.25) is 4.79 Å². The van der Waals surface area contributed by atoms with Crippen LogP contribution in [0, 0.1) is 5.82 Å². The van der Waals surface area contributed by atoms with Crippen LogP contribution in [0.5, 0.6) is 0 Å². The van der Waals surface area contributed by atoms with E-state index >= 15 is 0 Å². The summed E-state index contributed by atoms with van der Waals surface area (Å²) in [6, 6.07) is 4.45. The number of anilines is 1. The van der Waals surface area contributed by atoms with Crippen LogP contribution in [0.1, 0.15) is 5.56 Å². The summed E-state index contributed by atoms with van der Waals surface area (Å²) in [5.41, 5.74) is 1.58. The number of carbonyl (C=O) groups is 1. The van der Waals surface area contributed by atoms with E-state index in [1.54, 1.807) is 17.0 Å². The van der Waals surface area contributed by atoms with Gasteiger partial charge in [0.2, 0.25) is 0 Å². The summed E-state index contributed by atoms with van der Waals surface area (Å²) in [5, 5.41) is 0. The van der Waals surface area contributed by atoms with E-state index in [4.69, 9.17) is 0 Å². The number of hydrogen-bond acceptors (Lipinski definition) is 2. The first-order valence-electron chi connectivity index (χ1n) is 4.24. The highest BCUT2D eigenvalue weighted by Gasteiger charge is 2.02. The third-order valence-corrected chi connectivity index (χ3v) is 1.83. The Hall–Kier alpha value is -1.64. The Balaban J connectivity index is 3.14. The second-order valence-electron chi connectivity index (χ2n) is 3.09. The molecule has 2 nitrogen and oxygen atoms in total. The molecule has 0 aliphatic carbocycles. The highest BCUT2D eigenvalue weighted by atomic mass is 19.1. The molecule has 0 saturated carbocycles. The first kappa shape index (κ1) is 10.4. The summed E-state index contributed by atoms with van der Waals surface area (Å²) in [5.74, 6) is -0.281. The molecule has 0 radical (unpaired) electrons. The predicted molar refractivity (Wildman–Crippen MR) is 55.8 cm³/mol. The zero-order valence-electron chi connectivity index (χ0n) is 8.20. The van der Waals surface area contributed by atoms with Crippen molar-refractivity contribution in [1.82, 2.24) is 0 Å². The molecule has 14 heavy (non-hydrogen) atoms. The number of allylic oxidation sites excluding steroid dienone is 1. The Morgan fingerprint density at radius 2 is 2.07 bits per heavy atom. The lowest BCUT2D eigenvalue weighted by molar-refractivity contribution is -0.104. The maximum atomic E-state index is 12.9. The van der Waals surface area contributed by atoms with Crippen LogP contribution in [-0.2, 0) is 4.79 Å². The van der Waals surface area contributed by atoms with Gasteiger partial charge < -0.3 is 4.90 Å². The van der Waals surface area contributed by atoms with E-state index in [1.165, 1.54) is 18.2 Å². The molecule has 0 saturated heterocycles. The highest BCUT2D eigenvalue weighted by molar-refractivity contribution is 5.78. The van der Waals surface area contributed by atoms with Gasteiger partial charge in [0.15, 0.2) is 0 Å². The second-order valence-corrected chi connectivity index (χ2v) is 3.09. The van der Waals surface area contributed by atoms with Crippen LogP contribution < -0.4 is 4.90 Å². The maximum absolute atomic E-state index is 12.9. The molecule has 1 aromatic carbocycles. The lowest BCUT2D eigenvalue weighted by Crippen LogP contribution is -2.10. The van der Waals surface area contributed by atoms with Crippen molar-refractivity contribution < 1.29 is 9.18 Å². The van der Waals surface area contributed by atoms with Gasteiger partial charge in [-0.15, -0.1) is 0 Å². The second kappa shape index (κ2) is 4.56. The van der Waals surface area contributed by atoms with Crippen LogP contribution in [0.4, 0.5) is 10.1 Å². The Labute approximate surface area is 82.7 Å². The van der Waals surface area contributed by atoms with Crippen molar-refractivity contribution in [2.45, 2.75) is 0 Å². The highest BCUT2D eigenvalue weighted by Crippen LogP contribution is 2.20. The summed E-state index contributed by atoms with van der Waals surface area (Å²) in [4.78, 5) is 12.0. The van der Waals surface area contributed by atoms with Gasteiger partial charge >= 0.3 is 0 Å². The largest absolute Gasteiger partial charge is 0.377 e. The Morgan fingerprint density at radius 1 is 1.36 bits per heavy atom. The standard InChI is InChI=1S/C11H12FNO/c1-13(2)11-8-10(12)6-5-9(11)4-3-7-14/h3-8H,1-2H3/b4-3+. The molecular formula is C11H12FNO. The van der Waals surface area contributed by atoms with Crippen molar-refractivity contribution in [3.8, 4) is 0 Å². The Bertz CT molecular complexity index is 358. The van der Waals surface area contributed by atoms with Crippen LogP contribution in [0.15, 0.2) is 24.3 Å². The monoisotopic (exact) mass is 193 g/mol. The van der Waals surface area contributed by atoms with Gasteiger partial charge in [0.25, 0.3) is 0 Å². The minimum atomic E-state index is -0.281. The molecule has 0 spiro atoms. The van der Waals surface area contributed by atoms with E-state index in [0.29, 0.717) is 6.29 Å². The van der Waals surface area contributed by atoms with Crippen LogP contribution in [-0.4, -0.2) is 20.4 Å². The van der Waals surface area contributed by atoms with Crippen LogP contribution >= 0.6 is 0 Å². The van der Waals surface area contributed by atoms with Crippen molar-refractivity contribution in [3.05, 3.63) is 35.7 Å². The lowest BCUT2D eigenvalue weighted by Gasteiger charge is -2.15. The van der Waals surface area contributed by atoms with E-state index in [2.05, 4.69) is 0 Å². The molecule has 0 aromatic heterocycles. The summed E-state index contributed by atoms with van der Waals surface area (Å²) in [7, 11) is 3.65. The van der Waals surface area contributed by atoms with E-state index in [1.807, 2.05) is 14.1 Å². The molecule has 1 aromatic rings. The molecule has 0 N–H and O–H groups in total. The summed E-state index contributed by atoms with van der Waals surface area (Å²) in [6.07, 6.45) is 3.74. The average molecular weight is 193 g/mol. The minimum absolute atomic E-state index is 0.281. The van der Waals surface area contributed by atoms with E-state index in [-0.39, 0.29) is 5.82 Å². The van der Waals surface area contributed by atoms with Crippen molar-refractivity contribution in [1.29, 1.82) is 0 Å². The molecule has 0 bridgehead atoms. The third kappa shape index (κ3) is 2.42. The van der Waals surface area contributed by atoms with E-state index in [0.717, 1.165) is 11.3 Å². The number of aldehydes is 1. The summed E-state index contributed by atoms with van der Waals surface area (Å²) in [6.45, 7) is 0. The number of carbonyl (C=O) groups excluding carboxylic acids is 1. The molecule has 3 heteroatoms. The molecule has 0 aliphatic rings. The fourth-order valence-electron chi connectivity index (χ4n) is 1.19. The molecule has 0 unspecified atom stereocenters. The third-order valence-electron chi connectivity index (χ3n) is 1.83. The first-order chi connectivity index (χ1) is 6.65. The topological polar surface area (TPSA) is 20.3 Å². The minimum Gasteiger partial charge on any atom is -0.377 e. The first-order valence-corrected chi connectivity index (χ1v) is 4.24. The van der Waals surface area contributed by atoms with Gasteiger partial charge in [0.1, 0.15) is 12.1 Å². The van der Waals surface area contributed by atoms with E-state index < -0.39 is 0 Å². The van der Waals surface area contributed by atoms with Crippen molar-refractivity contribution in [3.63, 3.8) is 0 Å².